The SMILES string of the molecule is O=C(C(=Cc1ccccc1)c1ccccc1)N1CCCc2ccccc21. The van der Waals surface area contributed by atoms with Crippen LogP contribution in [0.1, 0.15) is 23.1 Å². The fraction of sp³-hybridized carbons (Fsp3) is 0.125. The van der Waals surface area contributed by atoms with Gasteiger partial charge in [-0.15, -0.1) is 0 Å². The summed E-state index contributed by atoms with van der Waals surface area (Å²) in [5.74, 6) is 0.0622. The maximum absolute atomic E-state index is 13.5. The molecule has 0 fully saturated rings. The minimum atomic E-state index is 0.0622. The number of anilines is 1. The van der Waals surface area contributed by atoms with Crippen LogP contribution in [0.2, 0.25) is 0 Å². The second kappa shape index (κ2) is 7.40. The molecule has 2 heteroatoms. The molecule has 1 aliphatic rings. The van der Waals surface area contributed by atoms with Crippen molar-refractivity contribution in [2.45, 2.75) is 12.8 Å². The van der Waals surface area contributed by atoms with E-state index in [0.29, 0.717) is 0 Å². The van der Waals surface area contributed by atoms with Gasteiger partial charge >= 0.3 is 0 Å². The Balaban J connectivity index is 1.78. The lowest BCUT2D eigenvalue weighted by molar-refractivity contribution is -0.113. The lowest BCUT2D eigenvalue weighted by Crippen LogP contribution is -2.36. The first-order chi connectivity index (χ1) is 12.8. The second-order valence-electron chi connectivity index (χ2n) is 6.52. The topological polar surface area (TPSA) is 20.3 Å². The summed E-state index contributed by atoms with van der Waals surface area (Å²) < 4.78 is 0. The summed E-state index contributed by atoms with van der Waals surface area (Å²) in [4.78, 5) is 15.5. The Kier molecular flexibility index (Phi) is 4.65. The third-order valence-electron chi connectivity index (χ3n) is 4.78. The van der Waals surface area contributed by atoms with E-state index >= 15 is 0 Å². The van der Waals surface area contributed by atoms with Crippen molar-refractivity contribution in [2.75, 3.05) is 11.4 Å². The van der Waals surface area contributed by atoms with E-state index < -0.39 is 0 Å². The molecule has 0 saturated heterocycles. The lowest BCUT2D eigenvalue weighted by Gasteiger charge is -2.30. The molecule has 2 nitrogen and oxygen atoms in total. The van der Waals surface area contributed by atoms with Gasteiger partial charge in [-0.25, -0.2) is 0 Å². The van der Waals surface area contributed by atoms with Crippen LogP contribution in [0.25, 0.3) is 11.6 Å². The van der Waals surface area contributed by atoms with Crippen LogP contribution in [0.5, 0.6) is 0 Å². The molecule has 0 radical (unpaired) electrons. The molecule has 0 saturated carbocycles. The minimum Gasteiger partial charge on any atom is -0.308 e. The number of carbonyl (C=O) groups is 1. The quantitative estimate of drug-likeness (QED) is 0.474. The smallest absolute Gasteiger partial charge is 0.258 e. The fourth-order valence-electron chi connectivity index (χ4n) is 3.49. The van der Waals surface area contributed by atoms with E-state index in [0.717, 1.165) is 41.8 Å². The molecule has 3 aromatic rings. The van der Waals surface area contributed by atoms with Gasteiger partial charge in [0.2, 0.25) is 0 Å². The van der Waals surface area contributed by atoms with Gasteiger partial charge in [0.05, 0.1) is 0 Å². The number of amides is 1. The summed E-state index contributed by atoms with van der Waals surface area (Å²) in [6.07, 6.45) is 4.02. The maximum atomic E-state index is 13.5. The van der Waals surface area contributed by atoms with Gasteiger partial charge < -0.3 is 4.90 Å². The molecule has 0 N–H and O–H groups in total. The predicted molar refractivity (Wildman–Crippen MR) is 108 cm³/mol. The Labute approximate surface area is 154 Å². The van der Waals surface area contributed by atoms with Crippen molar-refractivity contribution in [1.29, 1.82) is 0 Å². The van der Waals surface area contributed by atoms with Crippen LogP contribution >= 0.6 is 0 Å². The van der Waals surface area contributed by atoms with Gasteiger partial charge in [-0.1, -0.05) is 78.9 Å². The summed E-state index contributed by atoms with van der Waals surface area (Å²) in [5.41, 5.74) is 5.00. The molecule has 0 unspecified atom stereocenters. The number of rotatable bonds is 3. The number of nitrogens with zero attached hydrogens (tertiary/aromatic N) is 1. The molecule has 1 heterocycles. The van der Waals surface area contributed by atoms with Crippen molar-refractivity contribution in [3.8, 4) is 0 Å². The van der Waals surface area contributed by atoms with Crippen LogP contribution in [0, 0.1) is 0 Å². The largest absolute Gasteiger partial charge is 0.308 e. The Morgan fingerprint density at radius 3 is 2.23 bits per heavy atom. The number of benzene rings is 3. The summed E-state index contributed by atoms with van der Waals surface area (Å²) in [7, 11) is 0. The molecule has 128 valence electrons. The van der Waals surface area contributed by atoms with Crippen molar-refractivity contribution >= 4 is 23.2 Å². The van der Waals surface area contributed by atoms with E-state index in [2.05, 4.69) is 12.1 Å². The summed E-state index contributed by atoms with van der Waals surface area (Å²) in [6.45, 7) is 0.759. The first-order valence-electron chi connectivity index (χ1n) is 9.05. The average Bonchev–Trinajstić information content (AvgIpc) is 2.72. The highest BCUT2D eigenvalue weighted by Crippen LogP contribution is 2.30. The van der Waals surface area contributed by atoms with Gasteiger partial charge in [0.1, 0.15) is 0 Å². The van der Waals surface area contributed by atoms with Crippen LogP contribution in [-0.4, -0.2) is 12.5 Å². The van der Waals surface area contributed by atoms with Crippen molar-refractivity contribution < 1.29 is 4.79 Å². The average molecular weight is 339 g/mol. The van der Waals surface area contributed by atoms with Crippen LogP contribution in [0.3, 0.4) is 0 Å². The summed E-state index contributed by atoms with van der Waals surface area (Å²) >= 11 is 0. The third kappa shape index (κ3) is 3.31. The van der Waals surface area contributed by atoms with E-state index in [-0.39, 0.29) is 5.91 Å². The van der Waals surface area contributed by atoms with Gasteiger partial charge in [-0.05, 0) is 41.7 Å². The Morgan fingerprint density at radius 2 is 1.46 bits per heavy atom. The number of hydrogen-bond acceptors (Lipinski definition) is 1. The first kappa shape index (κ1) is 16.3. The van der Waals surface area contributed by atoms with Gasteiger partial charge in [-0.3, -0.25) is 4.79 Å². The zero-order valence-electron chi connectivity index (χ0n) is 14.6. The molecule has 26 heavy (non-hydrogen) atoms. The van der Waals surface area contributed by atoms with Crippen molar-refractivity contribution in [3.63, 3.8) is 0 Å². The van der Waals surface area contributed by atoms with Crippen molar-refractivity contribution in [3.05, 3.63) is 102 Å². The second-order valence-corrected chi connectivity index (χ2v) is 6.52. The highest BCUT2D eigenvalue weighted by atomic mass is 16.2. The number of fused-ring (bicyclic) bond motifs is 1. The molecular weight excluding hydrogens is 318 g/mol. The van der Waals surface area contributed by atoms with E-state index in [1.54, 1.807) is 0 Å². The molecule has 4 rings (SSSR count). The zero-order chi connectivity index (χ0) is 17.8. The van der Waals surface area contributed by atoms with Crippen LogP contribution in [0.4, 0.5) is 5.69 Å². The standard InChI is InChI=1S/C24H21NO/c26-24(25-17-9-15-21-14-7-8-16-23(21)25)22(20-12-5-2-6-13-20)18-19-10-3-1-4-11-19/h1-8,10-14,16,18H,9,15,17H2. The van der Waals surface area contributed by atoms with E-state index in [4.69, 9.17) is 0 Å². The predicted octanol–water partition coefficient (Wildman–Crippen LogP) is 5.21. The maximum Gasteiger partial charge on any atom is 0.258 e. The Hall–Kier alpha value is -3.13. The number of carbonyl (C=O) groups excluding carboxylic acids is 1. The van der Waals surface area contributed by atoms with E-state index in [1.165, 1.54) is 5.56 Å². The molecule has 0 spiro atoms. The molecule has 1 amide bonds. The Bertz CT molecular complexity index is 929. The summed E-state index contributed by atoms with van der Waals surface area (Å²) in [5, 5.41) is 0. The highest BCUT2D eigenvalue weighted by molar-refractivity contribution is 6.30. The van der Waals surface area contributed by atoms with Crippen LogP contribution in [0.15, 0.2) is 84.9 Å². The minimum absolute atomic E-state index is 0.0622. The van der Waals surface area contributed by atoms with Gasteiger partial charge in [0, 0.05) is 17.8 Å². The van der Waals surface area contributed by atoms with Crippen molar-refractivity contribution in [2.24, 2.45) is 0 Å². The summed E-state index contributed by atoms with van der Waals surface area (Å²) in [6, 6.07) is 28.2. The molecular formula is C24H21NO. The monoisotopic (exact) mass is 339 g/mol. The van der Waals surface area contributed by atoms with E-state index in [1.807, 2.05) is 83.8 Å². The van der Waals surface area contributed by atoms with Crippen LogP contribution < -0.4 is 4.90 Å². The van der Waals surface area contributed by atoms with Gasteiger partial charge in [-0.2, -0.15) is 0 Å². The molecule has 0 bridgehead atoms. The van der Waals surface area contributed by atoms with E-state index in [9.17, 15) is 4.79 Å². The zero-order valence-corrected chi connectivity index (χ0v) is 14.6. The third-order valence-corrected chi connectivity index (χ3v) is 4.78. The molecule has 3 aromatic carbocycles. The highest BCUT2D eigenvalue weighted by Gasteiger charge is 2.25. The number of hydrogen-bond donors (Lipinski definition) is 0. The normalized spacial score (nSPS) is 14.0. The van der Waals surface area contributed by atoms with Gasteiger partial charge in [0.25, 0.3) is 5.91 Å². The van der Waals surface area contributed by atoms with Crippen molar-refractivity contribution in [1.82, 2.24) is 0 Å². The number of aryl methyl sites for hydroxylation is 1. The van der Waals surface area contributed by atoms with Gasteiger partial charge in [0.15, 0.2) is 0 Å². The molecule has 0 atom stereocenters. The first-order valence-corrected chi connectivity index (χ1v) is 9.05. The Morgan fingerprint density at radius 1 is 0.808 bits per heavy atom. The number of para-hydroxylation sites is 1. The van der Waals surface area contributed by atoms with Crippen LogP contribution in [-0.2, 0) is 11.2 Å². The lowest BCUT2D eigenvalue weighted by atomic mass is 9.97. The molecule has 0 aliphatic carbocycles. The molecule has 0 aromatic heterocycles. The fourth-order valence-corrected chi connectivity index (χ4v) is 3.49. The molecule has 1 aliphatic heterocycles.